The Balaban J connectivity index is 2.21. The average Bonchev–Trinajstić information content (AvgIpc) is 2.34. The van der Waals surface area contributed by atoms with Gasteiger partial charge in [0.1, 0.15) is 5.15 Å². The van der Waals surface area contributed by atoms with Crippen molar-refractivity contribution in [3.05, 3.63) is 35.1 Å². The lowest BCUT2D eigenvalue weighted by molar-refractivity contribution is -0.118. The number of aromatic nitrogens is 2. The fourth-order valence-electron chi connectivity index (χ4n) is 1.38. The molecular formula is C13H10ClN3O. The molecule has 0 radical (unpaired) electrons. The molecule has 1 N–H and O–H groups in total. The largest absolute Gasteiger partial charge is 0.345 e. The highest BCUT2D eigenvalue weighted by Crippen LogP contribution is 2.13. The molecule has 2 aromatic rings. The maximum Gasteiger partial charge on any atom is 0.217 e. The lowest BCUT2D eigenvalue weighted by atomic mass is 10.2. The van der Waals surface area contributed by atoms with Gasteiger partial charge in [-0.15, -0.1) is 0 Å². The summed E-state index contributed by atoms with van der Waals surface area (Å²) in [6.07, 6.45) is 1.51. The van der Waals surface area contributed by atoms with Crippen molar-refractivity contribution in [3.8, 4) is 11.8 Å². The molecular weight excluding hydrogens is 250 g/mol. The number of carbonyl (C=O) groups excluding carboxylic acids is 1. The van der Waals surface area contributed by atoms with Crippen LogP contribution in [0, 0.1) is 11.8 Å². The maximum absolute atomic E-state index is 10.7. The maximum atomic E-state index is 10.7. The fraction of sp³-hybridized carbons (Fsp3) is 0.154. The molecule has 0 spiro atoms. The summed E-state index contributed by atoms with van der Waals surface area (Å²) in [5, 5.41) is 2.95. The Morgan fingerprint density at radius 2 is 2.28 bits per heavy atom. The van der Waals surface area contributed by atoms with Gasteiger partial charge in [-0.3, -0.25) is 9.78 Å². The van der Waals surface area contributed by atoms with E-state index in [9.17, 15) is 4.79 Å². The van der Waals surface area contributed by atoms with Crippen molar-refractivity contribution in [1.29, 1.82) is 0 Å². The lowest BCUT2D eigenvalue weighted by Crippen LogP contribution is -2.19. The molecule has 0 aliphatic heterocycles. The van der Waals surface area contributed by atoms with Crippen LogP contribution >= 0.6 is 11.6 Å². The number of nitrogens with one attached hydrogen (secondary N) is 1. The molecule has 2 rings (SSSR count). The molecule has 0 aliphatic carbocycles. The number of benzene rings is 1. The van der Waals surface area contributed by atoms with Crippen molar-refractivity contribution in [2.24, 2.45) is 0 Å². The van der Waals surface area contributed by atoms with E-state index >= 15 is 0 Å². The molecule has 0 fully saturated rings. The van der Waals surface area contributed by atoms with Crippen LogP contribution in [0.5, 0.6) is 0 Å². The summed E-state index contributed by atoms with van der Waals surface area (Å²) >= 11 is 5.78. The minimum absolute atomic E-state index is 0.0968. The van der Waals surface area contributed by atoms with Gasteiger partial charge in [0, 0.05) is 12.5 Å². The van der Waals surface area contributed by atoms with E-state index in [0.29, 0.717) is 17.2 Å². The minimum atomic E-state index is -0.0968. The molecule has 0 saturated heterocycles. The highest BCUT2D eigenvalue weighted by atomic mass is 35.5. The van der Waals surface area contributed by atoms with Crippen molar-refractivity contribution < 1.29 is 4.79 Å². The molecule has 1 aromatic heterocycles. The van der Waals surface area contributed by atoms with Crippen LogP contribution in [0.4, 0.5) is 0 Å². The Kier molecular flexibility index (Phi) is 3.75. The van der Waals surface area contributed by atoms with E-state index < -0.39 is 0 Å². The van der Waals surface area contributed by atoms with Gasteiger partial charge in [-0.2, -0.15) is 0 Å². The number of nitrogens with zero attached hydrogens (tertiary/aromatic N) is 2. The second-order valence-electron chi connectivity index (χ2n) is 3.61. The number of halogens is 1. The molecule has 4 nitrogen and oxygen atoms in total. The zero-order valence-corrected chi connectivity index (χ0v) is 10.5. The molecule has 0 saturated carbocycles. The van der Waals surface area contributed by atoms with E-state index in [4.69, 9.17) is 11.6 Å². The topological polar surface area (TPSA) is 54.9 Å². The predicted octanol–water partition coefficient (Wildman–Crippen LogP) is 1.77. The van der Waals surface area contributed by atoms with E-state index in [1.54, 1.807) is 0 Å². The van der Waals surface area contributed by atoms with Crippen LogP contribution in [0.15, 0.2) is 24.4 Å². The van der Waals surface area contributed by atoms with Crippen LogP contribution in [-0.4, -0.2) is 22.4 Å². The van der Waals surface area contributed by atoms with Crippen LogP contribution in [0.2, 0.25) is 5.15 Å². The lowest BCUT2D eigenvalue weighted by Gasteiger charge is -1.97. The monoisotopic (exact) mass is 259 g/mol. The Morgan fingerprint density at radius 3 is 3.06 bits per heavy atom. The van der Waals surface area contributed by atoms with Gasteiger partial charge in [0.2, 0.25) is 5.91 Å². The molecule has 90 valence electrons. The first-order chi connectivity index (χ1) is 8.65. The average molecular weight is 260 g/mol. The van der Waals surface area contributed by atoms with E-state index in [-0.39, 0.29) is 5.91 Å². The van der Waals surface area contributed by atoms with Gasteiger partial charge in [-0.05, 0) is 18.2 Å². The molecule has 0 bridgehead atoms. The van der Waals surface area contributed by atoms with Crippen LogP contribution < -0.4 is 5.32 Å². The fourth-order valence-corrected chi connectivity index (χ4v) is 1.52. The summed E-state index contributed by atoms with van der Waals surface area (Å²) in [4.78, 5) is 19.0. The van der Waals surface area contributed by atoms with Crippen molar-refractivity contribution in [2.45, 2.75) is 6.92 Å². The summed E-state index contributed by atoms with van der Waals surface area (Å²) in [6, 6.07) is 5.50. The predicted molar refractivity (Wildman–Crippen MR) is 70.1 cm³/mol. The molecule has 18 heavy (non-hydrogen) atoms. The normalized spacial score (nSPS) is 9.67. The van der Waals surface area contributed by atoms with Crippen molar-refractivity contribution >= 4 is 28.5 Å². The second-order valence-corrected chi connectivity index (χ2v) is 3.99. The highest BCUT2D eigenvalue weighted by molar-refractivity contribution is 6.29. The third kappa shape index (κ3) is 3.19. The zero-order chi connectivity index (χ0) is 13.0. The Morgan fingerprint density at radius 1 is 1.44 bits per heavy atom. The van der Waals surface area contributed by atoms with Crippen molar-refractivity contribution in [1.82, 2.24) is 15.3 Å². The van der Waals surface area contributed by atoms with Crippen molar-refractivity contribution in [2.75, 3.05) is 6.54 Å². The minimum Gasteiger partial charge on any atom is -0.345 e. The molecule has 0 atom stereocenters. The molecule has 1 amide bonds. The molecule has 1 heterocycles. The van der Waals surface area contributed by atoms with Crippen LogP contribution in [0.1, 0.15) is 12.5 Å². The smallest absolute Gasteiger partial charge is 0.217 e. The third-order valence-electron chi connectivity index (χ3n) is 2.17. The van der Waals surface area contributed by atoms with Crippen LogP contribution in [0.25, 0.3) is 11.0 Å². The number of amides is 1. The highest BCUT2D eigenvalue weighted by Gasteiger charge is 1.98. The summed E-state index contributed by atoms with van der Waals surface area (Å²) in [5.41, 5.74) is 2.28. The number of carbonyl (C=O) groups is 1. The van der Waals surface area contributed by atoms with Gasteiger partial charge in [0.05, 0.1) is 23.8 Å². The van der Waals surface area contributed by atoms with Gasteiger partial charge >= 0.3 is 0 Å². The quantitative estimate of drug-likeness (QED) is 0.794. The summed E-state index contributed by atoms with van der Waals surface area (Å²) in [7, 11) is 0. The number of rotatable bonds is 1. The second kappa shape index (κ2) is 5.48. The summed E-state index contributed by atoms with van der Waals surface area (Å²) < 4.78 is 0. The first-order valence-corrected chi connectivity index (χ1v) is 5.68. The van der Waals surface area contributed by atoms with Crippen LogP contribution in [-0.2, 0) is 4.79 Å². The van der Waals surface area contributed by atoms with E-state index in [1.165, 1.54) is 13.1 Å². The van der Waals surface area contributed by atoms with Gasteiger partial charge in [0.25, 0.3) is 0 Å². The Labute approximate surface area is 109 Å². The van der Waals surface area contributed by atoms with Gasteiger partial charge in [0.15, 0.2) is 0 Å². The summed E-state index contributed by atoms with van der Waals surface area (Å²) in [5.74, 6) is 5.69. The molecule has 5 heteroatoms. The number of fused-ring (bicyclic) bond motifs is 1. The number of hydrogen-bond donors (Lipinski definition) is 1. The van der Waals surface area contributed by atoms with Gasteiger partial charge in [-0.25, -0.2) is 4.98 Å². The SMILES string of the molecule is CC(=O)NCC#Cc1ccc2ncc(Cl)nc2c1. The van der Waals surface area contributed by atoms with Gasteiger partial charge in [-0.1, -0.05) is 23.4 Å². The van der Waals surface area contributed by atoms with E-state index in [1.807, 2.05) is 18.2 Å². The summed E-state index contributed by atoms with van der Waals surface area (Å²) in [6.45, 7) is 1.78. The van der Waals surface area contributed by atoms with E-state index in [2.05, 4.69) is 27.1 Å². The van der Waals surface area contributed by atoms with E-state index in [0.717, 1.165) is 11.1 Å². The van der Waals surface area contributed by atoms with Crippen LogP contribution in [0.3, 0.4) is 0 Å². The third-order valence-corrected chi connectivity index (χ3v) is 2.35. The van der Waals surface area contributed by atoms with Crippen molar-refractivity contribution in [3.63, 3.8) is 0 Å². The Bertz CT molecular complexity index is 658. The number of hydrogen-bond acceptors (Lipinski definition) is 3. The zero-order valence-electron chi connectivity index (χ0n) is 9.70. The van der Waals surface area contributed by atoms with Gasteiger partial charge < -0.3 is 5.32 Å². The standard InChI is InChI=1S/C13H10ClN3O/c1-9(18)15-6-2-3-10-4-5-11-12(7-10)17-13(14)8-16-11/h4-5,7-8H,6H2,1H3,(H,15,18). The molecule has 0 aliphatic rings. The first kappa shape index (κ1) is 12.3. The Hall–Kier alpha value is -2.12. The first-order valence-electron chi connectivity index (χ1n) is 5.31. The molecule has 0 unspecified atom stereocenters. The molecule has 1 aromatic carbocycles.